The fourth-order valence-corrected chi connectivity index (χ4v) is 2.35. The maximum Gasteiger partial charge on any atom is 0.387 e. The Labute approximate surface area is 145 Å². The number of hydrogen-bond donors (Lipinski definition) is 1. The number of halogens is 3. The van der Waals surface area contributed by atoms with Crippen molar-refractivity contribution in [3.63, 3.8) is 0 Å². The lowest BCUT2D eigenvalue weighted by Gasteiger charge is -2.22. The SMILES string of the molecule is CCCC(N)C(=O)N(C)Cc1cc2c(cc1OC(F)F)OCO2.Cl. The minimum absolute atomic E-state index is 0. The third-order valence-electron chi connectivity index (χ3n) is 3.47. The molecule has 1 heterocycles. The molecule has 1 aromatic carbocycles. The van der Waals surface area contributed by atoms with Crippen LogP contribution in [0.5, 0.6) is 17.2 Å². The summed E-state index contributed by atoms with van der Waals surface area (Å²) in [5.41, 5.74) is 6.20. The Kier molecular flexibility index (Phi) is 7.50. The molecule has 0 saturated heterocycles. The van der Waals surface area contributed by atoms with Crippen LogP contribution in [0.3, 0.4) is 0 Å². The fraction of sp³-hybridized carbons (Fsp3) is 0.533. The summed E-state index contributed by atoms with van der Waals surface area (Å²) in [6.45, 7) is -0.949. The minimum atomic E-state index is -2.97. The molecular formula is C15H21ClF2N2O4. The van der Waals surface area contributed by atoms with E-state index in [1.165, 1.54) is 17.0 Å². The molecule has 1 amide bonds. The molecule has 0 aromatic heterocycles. The summed E-state index contributed by atoms with van der Waals surface area (Å²) in [7, 11) is 1.56. The molecule has 24 heavy (non-hydrogen) atoms. The Morgan fingerprint density at radius 1 is 1.38 bits per heavy atom. The van der Waals surface area contributed by atoms with Gasteiger partial charge in [0.15, 0.2) is 11.5 Å². The lowest BCUT2D eigenvalue weighted by molar-refractivity contribution is -0.132. The smallest absolute Gasteiger partial charge is 0.387 e. The molecule has 0 radical (unpaired) electrons. The van der Waals surface area contributed by atoms with Gasteiger partial charge in [-0.25, -0.2) is 0 Å². The van der Waals surface area contributed by atoms with Crippen molar-refractivity contribution in [3.8, 4) is 17.2 Å². The maximum atomic E-state index is 12.6. The first-order valence-corrected chi connectivity index (χ1v) is 7.30. The van der Waals surface area contributed by atoms with Gasteiger partial charge in [-0.05, 0) is 12.5 Å². The highest BCUT2D eigenvalue weighted by Gasteiger charge is 2.23. The zero-order valence-corrected chi connectivity index (χ0v) is 14.3. The highest BCUT2D eigenvalue weighted by molar-refractivity contribution is 5.85. The second kappa shape index (κ2) is 8.89. The van der Waals surface area contributed by atoms with E-state index < -0.39 is 12.7 Å². The summed E-state index contributed by atoms with van der Waals surface area (Å²) in [5, 5.41) is 0. The van der Waals surface area contributed by atoms with Crippen molar-refractivity contribution >= 4 is 18.3 Å². The number of nitrogens with two attached hydrogens (primary N) is 1. The minimum Gasteiger partial charge on any atom is -0.454 e. The van der Waals surface area contributed by atoms with Crippen LogP contribution in [0.2, 0.25) is 0 Å². The lowest BCUT2D eigenvalue weighted by atomic mass is 10.1. The molecule has 1 unspecified atom stereocenters. The third kappa shape index (κ3) is 4.85. The number of benzene rings is 1. The summed E-state index contributed by atoms with van der Waals surface area (Å²) in [5.74, 6) is 0.460. The first-order valence-electron chi connectivity index (χ1n) is 7.30. The molecule has 2 N–H and O–H groups in total. The van der Waals surface area contributed by atoms with Crippen LogP contribution in [-0.4, -0.2) is 37.3 Å². The van der Waals surface area contributed by atoms with Crippen LogP contribution in [0.4, 0.5) is 8.78 Å². The van der Waals surface area contributed by atoms with Crippen molar-refractivity contribution in [3.05, 3.63) is 17.7 Å². The maximum absolute atomic E-state index is 12.6. The largest absolute Gasteiger partial charge is 0.454 e. The zero-order chi connectivity index (χ0) is 17.0. The van der Waals surface area contributed by atoms with E-state index in [1.807, 2.05) is 6.92 Å². The number of hydrogen-bond acceptors (Lipinski definition) is 5. The van der Waals surface area contributed by atoms with Crippen LogP contribution in [0.15, 0.2) is 12.1 Å². The molecule has 0 aliphatic carbocycles. The predicted molar refractivity (Wildman–Crippen MR) is 85.8 cm³/mol. The van der Waals surface area contributed by atoms with E-state index in [4.69, 9.17) is 15.2 Å². The number of carbonyl (C=O) groups is 1. The topological polar surface area (TPSA) is 74.0 Å². The van der Waals surface area contributed by atoms with Gasteiger partial charge < -0.3 is 24.8 Å². The Morgan fingerprint density at radius 3 is 2.58 bits per heavy atom. The molecule has 1 atom stereocenters. The molecule has 2 rings (SSSR count). The number of nitrogens with zero attached hydrogens (tertiary/aromatic N) is 1. The molecule has 136 valence electrons. The van der Waals surface area contributed by atoms with Gasteiger partial charge in [-0.15, -0.1) is 12.4 Å². The number of fused-ring (bicyclic) bond motifs is 1. The molecule has 0 spiro atoms. The average Bonchev–Trinajstić information content (AvgIpc) is 2.93. The molecule has 0 fully saturated rings. The third-order valence-corrected chi connectivity index (χ3v) is 3.47. The van der Waals surface area contributed by atoms with Crippen LogP contribution in [0.25, 0.3) is 0 Å². The second-order valence-corrected chi connectivity index (χ2v) is 5.28. The summed E-state index contributed by atoms with van der Waals surface area (Å²) in [6, 6.07) is 2.27. The van der Waals surface area contributed by atoms with Crippen molar-refractivity contribution in [2.45, 2.75) is 39.0 Å². The number of ether oxygens (including phenoxy) is 3. The second-order valence-electron chi connectivity index (χ2n) is 5.28. The van der Waals surface area contributed by atoms with Crippen LogP contribution in [0.1, 0.15) is 25.3 Å². The van der Waals surface area contributed by atoms with Gasteiger partial charge in [0.2, 0.25) is 12.7 Å². The zero-order valence-electron chi connectivity index (χ0n) is 13.5. The van der Waals surface area contributed by atoms with Crippen LogP contribution in [0, 0.1) is 0 Å². The highest BCUT2D eigenvalue weighted by Crippen LogP contribution is 2.39. The summed E-state index contributed by atoms with van der Waals surface area (Å²) in [6.07, 6.45) is 1.34. The molecule has 1 aliphatic rings. The van der Waals surface area contributed by atoms with Crippen molar-refractivity contribution in [1.82, 2.24) is 4.90 Å². The Morgan fingerprint density at radius 2 is 2.00 bits per heavy atom. The molecule has 0 saturated carbocycles. The van der Waals surface area contributed by atoms with E-state index in [1.54, 1.807) is 7.05 Å². The summed E-state index contributed by atoms with van der Waals surface area (Å²) < 4.78 is 40.1. The molecule has 0 bridgehead atoms. The number of alkyl halides is 2. The van der Waals surface area contributed by atoms with Gasteiger partial charge in [0.05, 0.1) is 6.04 Å². The van der Waals surface area contributed by atoms with E-state index in [0.29, 0.717) is 23.5 Å². The van der Waals surface area contributed by atoms with Crippen molar-refractivity contribution in [1.29, 1.82) is 0 Å². The van der Waals surface area contributed by atoms with Gasteiger partial charge in [0, 0.05) is 25.2 Å². The monoisotopic (exact) mass is 366 g/mol. The lowest BCUT2D eigenvalue weighted by Crippen LogP contribution is -2.41. The number of amides is 1. The Hall–Kier alpha value is -1.80. The van der Waals surface area contributed by atoms with Crippen LogP contribution >= 0.6 is 12.4 Å². The van der Waals surface area contributed by atoms with Gasteiger partial charge in [0.25, 0.3) is 0 Å². The van der Waals surface area contributed by atoms with Crippen molar-refractivity contribution in [2.75, 3.05) is 13.8 Å². The molecule has 6 nitrogen and oxygen atoms in total. The van der Waals surface area contributed by atoms with Gasteiger partial charge in [-0.2, -0.15) is 8.78 Å². The number of likely N-dealkylation sites (N-methyl/N-ethyl adjacent to an activating group) is 1. The van der Waals surface area contributed by atoms with Crippen molar-refractivity contribution < 1.29 is 27.8 Å². The molecular weight excluding hydrogens is 346 g/mol. The van der Waals surface area contributed by atoms with Crippen LogP contribution < -0.4 is 19.9 Å². The Balaban J connectivity index is 0.00000288. The van der Waals surface area contributed by atoms with Gasteiger partial charge in [0.1, 0.15) is 5.75 Å². The quantitative estimate of drug-likeness (QED) is 0.802. The predicted octanol–water partition coefficient (Wildman–Crippen LogP) is 2.52. The van der Waals surface area contributed by atoms with E-state index >= 15 is 0 Å². The highest BCUT2D eigenvalue weighted by atomic mass is 35.5. The number of rotatable bonds is 7. The van der Waals surface area contributed by atoms with Crippen molar-refractivity contribution in [2.24, 2.45) is 5.73 Å². The first kappa shape index (κ1) is 20.2. The van der Waals surface area contributed by atoms with E-state index in [2.05, 4.69) is 4.74 Å². The first-order chi connectivity index (χ1) is 10.9. The van der Waals surface area contributed by atoms with E-state index in [-0.39, 0.29) is 37.4 Å². The molecule has 9 heteroatoms. The number of carbonyl (C=O) groups excluding carboxylic acids is 1. The van der Waals surface area contributed by atoms with E-state index in [9.17, 15) is 13.6 Å². The summed E-state index contributed by atoms with van der Waals surface area (Å²) >= 11 is 0. The standard InChI is InChI=1S/C15H20F2N2O4.ClH/c1-3-4-10(18)14(20)19(2)7-9-5-12-13(22-8-21-12)6-11(9)23-15(16)17;/h5-6,10,15H,3-4,7-8,18H2,1-2H3;1H. The van der Waals surface area contributed by atoms with Gasteiger partial charge in [-0.3, -0.25) is 4.79 Å². The Bertz CT molecular complexity index is 575. The fourth-order valence-electron chi connectivity index (χ4n) is 2.35. The van der Waals surface area contributed by atoms with Gasteiger partial charge in [-0.1, -0.05) is 13.3 Å². The summed E-state index contributed by atoms with van der Waals surface area (Å²) in [4.78, 5) is 13.5. The average molecular weight is 367 g/mol. The van der Waals surface area contributed by atoms with Crippen LogP contribution in [-0.2, 0) is 11.3 Å². The van der Waals surface area contributed by atoms with E-state index in [0.717, 1.165) is 6.42 Å². The van der Waals surface area contributed by atoms with Gasteiger partial charge >= 0.3 is 6.61 Å². The normalized spacial score (nSPS) is 13.4. The molecule has 1 aromatic rings. The molecule has 1 aliphatic heterocycles.